The number of nitrogens with zero attached hydrogens (tertiary/aromatic N) is 3. The van der Waals surface area contributed by atoms with Crippen molar-refractivity contribution in [2.75, 3.05) is 51.8 Å². The topological polar surface area (TPSA) is 96.3 Å². The van der Waals surface area contributed by atoms with E-state index in [9.17, 15) is 14.7 Å². The Morgan fingerprint density at radius 1 is 0.804 bits per heavy atom. The number of ketones is 1. The van der Waals surface area contributed by atoms with E-state index in [-0.39, 0.29) is 69.7 Å². The molecule has 1 aliphatic rings. The Hall–Kier alpha value is -3.64. The summed E-state index contributed by atoms with van der Waals surface area (Å²) in [6.45, 7) is 7.11. The van der Waals surface area contributed by atoms with Gasteiger partial charge in [0, 0.05) is 79.9 Å². The van der Waals surface area contributed by atoms with Gasteiger partial charge in [0.1, 0.15) is 11.9 Å². The summed E-state index contributed by atoms with van der Waals surface area (Å²) in [6.07, 6.45) is 2.73. The third kappa shape index (κ3) is 9.43. The van der Waals surface area contributed by atoms with E-state index < -0.39 is 5.97 Å². The Labute approximate surface area is 342 Å². The first-order valence-corrected chi connectivity index (χ1v) is 17.2. The smallest absolute Gasteiger partial charge is 0.550 e. The van der Waals surface area contributed by atoms with E-state index >= 15 is 0 Å². The number of methoxy groups -OCH3 is 2. The van der Waals surface area contributed by atoms with Crippen LogP contribution in [0.5, 0.6) is 17.2 Å². The Balaban J connectivity index is 0.00000504. The van der Waals surface area contributed by atoms with Crippen LogP contribution in [-0.2, 0) is 11.3 Å². The van der Waals surface area contributed by atoms with Crippen molar-refractivity contribution in [2.45, 2.75) is 38.8 Å². The second-order valence-corrected chi connectivity index (χ2v) is 12.7. The third-order valence-corrected chi connectivity index (χ3v) is 9.46. The van der Waals surface area contributed by atoms with Gasteiger partial charge in [0.25, 0.3) is 0 Å². The summed E-state index contributed by atoms with van der Waals surface area (Å²) < 4.78 is 20.0. The molecule has 1 aliphatic heterocycles. The fraction of sp³-hybridized carbons (Fsp3) is 0.317. The molecular weight excluding hydrogens is 670 g/mol. The number of carbonyl (C=O) groups is 2. The molecule has 51 heavy (non-hydrogen) atoms. The van der Waals surface area contributed by atoms with Crippen molar-refractivity contribution in [3.05, 3.63) is 119 Å². The SMILES string of the molecule is COc1cc(C(=O)c2cn(CCCC(=O)[O-])c3ccccc23)ccc1OC(CCN1CCN(c2ccccc2OC)CC1)c1ccc(C)cc1.[K+]. The maximum Gasteiger partial charge on any atom is 1.00 e. The van der Waals surface area contributed by atoms with E-state index in [1.165, 1.54) is 5.56 Å². The van der Waals surface area contributed by atoms with Crippen LogP contribution < -0.4 is 75.6 Å². The standard InChI is InChI=1S/C41H45N3O6.K/c1-29-14-16-30(17-15-29)36(20-22-42-23-25-43(26-24-42)35-11-6-7-12-37(35)48-2)50-38-19-18-31(27-39(38)49-3)41(47)33-28-44(21-8-13-40(45)46)34-10-5-4-9-32(33)34;/h4-7,9-12,14-19,27-28,36H,8,13,20-26H2,1-3H3,(H,45,46);/q;+1/p-1. The van der Waals surface area contributed by atoms with E-state index in [0.29, 0.717) is 35.6 Å². The van der Waals surface area contributed by atoms with E-state index in [1.807, 2.05) is 53.2 Å². The van der Waals surface area contributed by atoms with Crippen molar-refractivity contribution in [3.8, 4) is 17.2 Å². The first-order chi connectivity index (χ1) is 24.3. The number of benzene rings is 4. The van der Waals surface area contributed by atoms with Gasteiger partial charge in [-0.05, 0) is 61.7 Å². The predicted octanol–water partition coefficient (Wildman–Crippen LogP) is 3.06. The molecule has 4 aromatic carbocycles. The molecule has 1 atom stereocenters. The molecule has 1 fully saturated rings. The van der Waals surface area contributed by atoms with E-state index in [4.69, 9.17) is 14.2 Å². The largest absolute Gasteiger partial charge is 1.00 e. The molecule has 6 rings (SSSR count). The van der Waals surface area contributed by atoms with Gasteiger partial charge in [-0.2, -0.15) is 0 Å². The number of aliphatic carboxylic acids is 1. The van der Waals surface area contributed by atoms with Gasteiger partial charge in [-0.25, -0.2) is 0 Å². The average Bonchev–Trinajstić information content (AvgIpc) is 3.52. The summed E-state index contributed by atoms with van der Waals surface area (Å²) in [6, 6.07) is 29.6. The molecule has 0 amide bonds. The van der Waals surface area contributed by atoms with Crippen molar-refractivity contribution in [3.63, 3.8) is 0 Å². The van der Waals surface area contributed by atoms with Crippen LogP contribution in [0, 0.1) is 6.92 Å². The van der Waals surface area contributed by atoms with Crippen LogP contribution in [0.1, 0.15) is 52.4 Å². The summed E-state index contributed by atoms with van der Waals surface area (Å²) in [5.41, 5.74) is 5.30. The fourth-order valence-electron chi connectivity index (χ4n) is 6.70. The summed E-state index contributed by atoms with van der Waals surface area (Å²) in [7, 11) is 3.30. The predicted molar refractivity (Wildman–Crippen MR) is 193 cm³/mol. The second-order valence-electron chi connectivity index (χ2n) is 12.7. The summed E-state index contributed by atoms with van der Waals surface area (Å²) >= 11 is 0. The van der Waals surface area contributed by atoms with Crippen LogP contribution in [0.25, 0.3) is 10.9 Å². The molecule has 1 aromatic heterocycles. The molecule has 260 valence electrons. The minimum absolute atomic E-state index is 0. The Bertz CT molecular complexity index is 1930. The van der Waals surface area contributed by atoms with Gasteiger partial charge < -0.3 is 33.6 Å². The molecule has 1 saturated heterocycles. The number of fused-ring (bicyclic) bond motifs is 1. The van der Waals surface area contributed by atoms with Gasteiger partial charge in [-0.15, -0.1) is 0 Å². The number of hydrogen-bond donors (Lipinski definition) is 0. The molecule has 1 unspecified atom stereocenters. The van der Waals surface area contributed by atoms with Crippen LogP contribution in [0.3, 0.4) is 0 Å². The number of carboxylic acids is 1. The number of para-hydroxylation sites is 3. The zero-order valence-electron chi connectivity index (χ0n) is 30.0. The molecule has 0 radical (unpaired) electrons. The maximum atomic E-state index is 13.9. The van der Waals surface area contributed by atoms with Crippen molar-refractivity contribution >= 4 is 28.3 Å². The second kappa shape index (κ2) is 18.2. The normalized spacial score (nSPS) is 13.7. The van der Waals surface area contributed by atoms with Gasteiger partial charge in [0.05, 0.1) is 19.9 Å². The van der Waals surface area contributed by atoms with Gasteiger partial charge in [-0.1, -0.05) is 60.2 Å². The first-order valence-electron chi connectivity index (χ1n) is 17.2. The molecule has 0 spiro atoms. The number of rotatable bonds is 15. The summed E-state index contributed by atoms with van der Waals surface area (Å²) in [5, 5.41) is 11.8. The van der Waals surface area contributed by atoms with Crippen molar-refractivity contribution in [1.29, 1.82) is 0 Å². The number of aromatic nitrogens is 1. The minimum atomic E-state index is -1.08. The van der Waals surface area contributed by atoms with Crippen molar-refractivity contribution < 1.29 is 80.3 Å². The number of carbonyl (C=O) groups excluding carboxylic acids is 2. The van der Waals surface area contributed by atoms with Gasteiger partial charge >= 0.3 is 51.4 Å². The minimum Gasteiger partial charge on any atom is -0.550 e. The molecule has 0 saturated carbocycles. The van der Waals surface area contributed by atoms with Crippen molar-refractivity contribution in [1.82, 2.24) is 9.47 Å². The number of hydrogen-bond acceptors (Lipinski definition) is 8. The van der Waals surface area contributed by atoms with Crippen LogP contribution in [-0.4, -0.2) is 68.2 Å². The number of carboxylic acid groups (broad SMARTS) is 1. The van der Waals surface area contributed by atoms with Gasteiger partial charge in [0.2, 0.25) is 0 Å². The Morgan fingerprint density at radius 3 is 2.24 bits per heavy atom. The van der Waals surface area contributed by atoms with E-state index in [0.717, 1.165) is 67.0 Å². The average molecular weight is 714 g/mol. The van der Waals surface area contributed by atoms with Gasteiger partial charge in [0.15, 0.2) is 17.3 Å². The molecule has 10 heteroatoms. The molecule has 9 nitrogen and oxygen atoms in total. The monoisotopic (exact) mass is 713 g/mol. The van der Waals surface area contributed by atoms with E-state index in [2.05, 4.69) is 53.1 Å². The number of ether oxygens (including phenoxy) is 3. The maximum absolute atomic E-state index is 13.9. The van der Waals surface area contributed by atoms with Crippen LogP contribution >= 0.6 is 0 Å². The molecule has 0 aliphatic carbocycles. The molecule has 5 aromatic rings. The zero-order valence-corrected chi connectivity index (χ0v) is 33.1. The molecule has 0 N–H and O–H groups in total. The fourth-order valence-corrected chi connectivity index (χ4v) is 6.70. The summed E-state index contributed by atoms with van der Waals surface area (Å²) in [5.74, 6) is 0.719. The van der Waals surface area contributed by atoms with E-state index in [1.54, 1.807) is 26.4 Å². The molecule has 0 bridgehead atoms. The Kier molecular flexibility index (Phi) is 13.8. The number of piperazine rings is 1. The zero-order chi connectivity index (χ0) is 35.0. The van der Waals surface area contributed by atoms with Crippen LogP contribution in [0.15, 0.2) is 97.2 Å². The molecule has 2 heterocycles. The first kappa shape index (κ1) is 38.6. The quantitative estimate of drug-likeness (QED) is 0.121. The van der Waals surface area contributed by atoms with Gasteiger partial charge in [-0.3, -0.25) is 9.69 Å². The number of anilines is 1. The third-order valence-electron chi connectivity index (χ3n) is 9.46. The number of aryl methyl sites for hydroxylation is 2. The Morgan fingerprint density at radius 2 is 1.51 bits per heavy atom. The molecular formula is C41H44KN3O6. The van der Waals surface area contributed by atoms with Crippen LogP contribution in [0.4, 0.5) is 5.69 Å². The van der Waals surface area contributed by atoms with Crippen LogP contribution in [0.2, 0.25) is 0 Å². The van der Waals surface area contributed by atoms with Crippen molar-refractivity contribution in [2.24, 2.45) is 0 Å². The summed E-state index contributed by atoms with van der Waals surface area (Å²) in [4.78, 5) is 29.7.